The number of carbonyl (C=O) groups is 11. The van der Waals surface area contributed by atoms with Crippen LogP contribution >= 0.6 is 11.6 Å². The summed E-state index contributed by atoms with van der Waals surface area (Å²) >= 11 is 6.18. The number of benzene rings is 1. The summed E-state index contributed by atoms with van der Waals surface area (Å²) in [4.78, 5) is 177. The number of aryl methyl sites for hydroxylation is 1. The van der Waals surface area contributed by atoms with Crippen molar-refractivity contribution in [3.05, 3.63) is 34.3 Å². The Morgan fingerprint density at radius 1 is 0.583 bits per heavy atom. The van der Waals surface area contributed by atoms with Crippen LogP contribution in [0, 0.1) is 23.7 Å². The first kappa shape index (κ1) is 83.7. The van der Waals surface area contributed by atoms with E-state index in [-0.39, 0.29) is 101 Å². The first-order valence-electron chi connectivity index (χ1n) is 37.9. The van der Waals surface area contributed by atoms with Crippen LogP contribution < -0.4 is 16.0 Å². The molecule has 6 aliphatic rings. The Morgan fingerprint density at radius 2 is 1.18 bits per heavy atom. The lowest BCUT2D eigenvalue weighted by Gasteiger charge is -2.43. The molecule has 578 valence electrons. The quantitative estimate of drug-likeness (QED) is 0.156. The number of nitrogens with zero attached hydrogens (tertiary/aromatic N) is 9. The first-order valence-corrected chi connectivity index (χ1v) is 38.3. The van der Waals surface area contributed by atoms with E-state index in [9.17, 15) is 41.9 Å². The number of ether oxygens (including phenoxy) is 1. The van der Waals surface area contributed by atoms with Gasteiger partial charge >= 0.3 is 6.18 Å². The number of halogens is 4. The third-order valence-electron chi connectivity index (χ3n) is 22.4. The summed E-state index contributed by atoms with van der Waals surface area (Å²) in [6, 6.07) is -4.67. The normalized spacial score (nSPS) is 26.5. The highest BCUT2D eigenvalue weighted by atomic mass is 35.5. The van der Waals surface area contributed by atoms with Crippen molar-refractivity contribution in [1.29, 1.82) is 0 Å². The number of alkyl halides is 3. The number of amides is 11. The molecule has 3 saturated carbocycles. The molecule has 1 aromatic rings. The van der Waals surface area contributed by atoms with Crippen molar-refractivity contribution in [2.45, 2.75) is 249 Å². The van der Waals surface area contributed by atoms with E-state index in [1.165, 1.54) is 70.7 Å². The van der Waals surface area contributed by atoms with Crippen LogP contribution in [-0.4, -0.2) is 259 Å². The fourth-order valence-electron chi connectivity index (χ4n) is 16.0. The van der Waals surface area contributed by atoms with Crippen LogP contribution in [0.2, 0.25) is 5.02 Å². The van der Waals surface area contributed by atoms with Crippen LogP contribution in [0.15, 0.2) is 18.2 Å². The van der Waals surface area contributed by atoms with Gasteiger partial charge in [0.2, 0.25) is 65.0 Å². The highest BCUT2D eigenvalue weighted by Crippen LogP contribution is 2.38. The molecule has 11 amide bonds. The number of rotatable bonds is 15. The summed E-state index contributed by atoms with van der Waals surface area (Å²) in [5.41, 5.74) is -2.26. The van der Waals surface area contributed by atoms with E-state index in [4.69, 9.17) is 16.3 Å². The second kappa shape index (κ2) is 38.6. The van der Waals surface area contributed by atoms with E-state index in [0.717, 1.165) is 106 Å². The molecule has 0 radical (unpaired) electrons. The monoisotopic (exact) mass is 1470 g/mol. The molecule has 3 aliphatic carbocycles. The number of piperidine rings is 1. The van der Waals surface area contributed by atoms with Gasteiger partial charge in [-0.15, -0.1) is 0 Å². The van der Waals surface area contributed by atoms with Gasteiger partial charge in [-0.05, 0) is 131 Å². The van der Waals surface area contributed by atoms with Crippen molar-refractivity contribution in [3.63, 3.8) is 0 Å². The van der Waals surface area contributed by atoms with Crippen LogP contribution in [0.1, 0.15) is 199 Å². The van der Waals surface area contributed by atoms with Crippen molar-refractivity contribution < 1.29 is 70.6 Å². The van der Waals surface area contributed by atoms with Crippen molar-refractivity contribution in [2.75, 3.05) is 102 Å². The number of nitrogens with one attached hydrogen (secondary N) is 3. The summed E-state index contributed by atoms with van der Waals surface area (Å²) in [6.45, 7) is 8.01. The highest BCUT2D eigenvalue weighted by Gasteiger charge is 2.51. The maximum Gasteiger partial charge on any atom is 0.417 e. The third kappa shape index (κ3) is 23.0. The zero-order valence-electron chi connectivity index (χ0n) is 63.1. The minimum absolute atomic E-state index is 0.0285. The molecule has 0 aromatic heterocycles. The summed E-state index contributed by atoms with van der Waals surface area (Å²) in [7, 11) is 10.4. The van der Waals surface area contributed by atoms with Gasteiger partial charge in [-0.1, -0.05) is 116 Å². The largest absolute Gasteiger partial charge is 0.417 e. The van der Waals surface area contributed by atoms with Gasteiger partial charge in [-0.25, -0.2) is 0 Å². The fraction of sp³-hybridized carbons (Fsp3) is 0.773. The van der Waals surface area contributed by atoms with Gasteiger partial charge in [0.25, 0.3) is 0 Å². The van der Waals surface area contributed by atoms with Crippen molar-refractivity contribution in [3.8, 4) is 0 Å². The maximum atomic E-state index is 15.8. The van der Waals surface area contributed by atoms with Crippen LogP contribution in [0.4, 0.5) is 13.2 Å². The number of hydrogen-bond acceptors (Lipinski definition) is 13. The molecular formula is C75H118ClF3N12O12. The zero-order chi connectivity index (χ0) is 75.6. The van der Waals surface area contributed by atoms with E-state index < -0.39 is 149 Å². The van der Waals surface area contributed by atoms with E-state index >= 15 is 24.0 Å². The first-order chi connectivity index (χ1) is 48.7. The second-order valence-electron chi connectivity index (χ2n) is 31.3. The van der Waals surface area contributed by atoms with Crippen LogP contribution in [0.3, 0.4) is 0 Å². The average Bonchev–Trinajstić information content (AvgIpc) is 1.75. The predicted octanol–water partition coefficient (Wildman–Crippen LogP) is 7.26. The fourth-order valence-corrected chi connectivity index (χ4v) is 16.3. The van der Waals surface area contributed by atoms with Crippen molar-refractivity contribution in [1.82, 2.24) is 60.0 Å². The molecule has 0 bridgehead atoms. The molecule has 28 heteroatoms. The molecule has 7 atom stereocenters. The number of hydrogen-bond donors (Lipinski definition) is 3. The summed E-state index contributed by atoms with van der Waals surface area (Å²) in [6.07, 6.45) is 9.07. The summed E-state index contributed by atoms with van der Waals surface area (Å²) in [5.74, 6) is -6.87. The number of likely N-dealkylation sites (N-methyl/N-ethyl adjacent to an activating group) is 7. The molecule has 24 nitrogen and oxygen atoms in total. The average molecular weight is 1470 g/mol. The number of carbonyl (C=O) groups excluding carboxylic acids is 11. The lowest BCUT2D eigenvalue weighted by atomic mass is 9.81. The highest BCUT2D eigenvalue weighted by molar-refractivity contribution is 6.31. The van der Waals surface area contributed by atoms with Gasteiger partial charge in [0, 0.05) is 75.4 Å². The van der Waals surface area contributed by atoms with Gasteiger partial charge in [-0.3, -0.25) is 57.6 Å². The van der Waals surface area contributed by atoms with Gasteiger partial charge in [0.15, 0.2) is 0 Å². The van der Waals surface area contributed by atoms with Crippen LogP contribution in [0.5, 0.6) is 0 Å². The Morgan fingerprint density at radius 3 is 1.81 bits per heavy atom. The third-order valence-corrected chi connectivity index (χ3v) is 22.7. The zero-order valence-corrected chi connectivity index (χ0v) is 63.8. The molecule has 3 saturated heterocycles. The van der Waals surface area contributed by atoms with Crippen molar-refractivity contribution >= 4 is 76.6 Å². The molecule has 7 rings (SSSR count). The van der Waals surface area contributed by atoms with Gasteiger partial charge in [0.05, 0.1) is 49.6 Å². The Hall–Kier alpha value is -6.61. The SMILES string of the molecule is CC(C)CC[C@@H]1NC(=O)[C@H](CC(C)C)N(C)C(=O)C[C@@H](COCN2CCCCC2)N(C)C(=O)[C@H](C2CCCCC2)N(C)C(=O)C2(CCCC2)NC(=O)[C@@H]2CCCN2C(=O)[C@H](CCc2ccc(C(F)(F)F)c(Cl)c2)NC(=O)CN(C)C(=O)[C@H](CC2CCCCC2)N(C)C(=O)CN(C)C(=O)CN(C)C1=O. The Bertz CT molecular complexity index is 3100. The number of fused-ring (bicyclic) bond motifs is 1. The lowest BCUT2D eigenvalue weighted by molar-refractivity contribution is -0.154. The van der Waals surface area contributed by atoms with E-state index in [1.807, 2.05) is 27.7 Å². The Kier molecular flexibility index (Phi) is 31.3. The molecule has 1 spiro atoms. The topological polar surface area (TPSA) is 262 Å². The van der Waals surface area contributed by atoms with E-state index in [2.05, 4.69) is 20.9 Å². The van der Waals surface area contributed by atoms with Crippen molar-refractivity contribution in [2.24, 2.45) is 23.7 Å². The molecule has 103 heavy (non-hydrogen) atoms. The lowest BCUT2D eigenvalue weighted by Crippen LogP contribution is -2.65. The second-order valence-corrected chi connectivity index (χ2v) is 31.7. The number of likely N-dealkylation sites (tertiary alicyclic amines) is 1. The maximum absolute atomic E-state index is 15.8. The minimum Gasteiger partial charge on any atom is -0.364 e. The smallest absolute Gasteiger partial charge is 0.364 e. The molecule has 3 heterocycles. The van der Waals surface area contributed by atoms with Gasteiger partial charge in [0.1, 0.15) is 41.8 Å². The minimum atomic E-state index is -4.75. The van der Waals surface area contributed by atoms with Gasteiger partial charge < -0.3 is 59.9 Å². The molecule has 3 N–H and O–H groups in total. The van der Waals surface area contributed by atoms with Crippen LogP contribution in [-0.2, 0) is 70.1 Å². The molecule has 1 aromatic carbocycles. The molecule has 0 unspecified atom stereocenters. The van der Waals surface area contributed by atoms with Crippen LogP contribution in [0.25, 0.3) is 0 Å². The molecular weight excluding hydrogens is 1350 g/mol. The summed E-state index contributed by atoms with van der Waals surface area (Å²) < 4.78 is 48.1. The Balaban J connectivity index is 1.28. The van der Waals surface area contributed by atoms with E-state index in [0.29, 0.717) is 44.1 Å². The predicted molar refractivity (Wildman–Crippen MR) is 384 cm³/mol. The van der Waals surface area contributed by atoms with Gasteiger partial charge in [-0.2, -0.15) is 13.2 Å². The summed E-state index contributed by atoms with van der Waals surface area (Å²) in [5, 5.41) is 8.31. The van der Waals surface area contributed by atoms with E-state index in [1.54, 1.807) is 14.1 Å². The molecule has 3 aliphatic heterocycles. The molecule has 6 fully saturated rings. The Labute approximate surface area is 613 Å². The standard InChI is InChI=1S/C75H118ClF3N12O12/c1-49(2)29-33-57-69(98)85(7)45-64(94)83(5)46-65(95)88(10)61(42-51-24-15-12-16-25-51)71(100)84(6)44-62(92)80-58(34-31-52-30-32-55(56(76)41-52)75(77,78)79)70(99)91-39-23-28-59(91)68(97)82-74(35-19-20-36-74)73(102)89(11)66(53-26-17-13-18-27-53)72(101)86(8)54(47-103-48-90-37-21-14-22-38-90)43-63(93)87(9)60(40-50(3)4)67(96)81-57/h30,32,41,49-51,53-54,57-61,66H,12-29,31,33-40,42-48H2,1-11H3,(H,80,92)(H,81,96)(H,82,97)/t54-,57-,58-,59-,60-,61-,66-/m0/s1.